The molecule has 0 aliphatic rings. The molecule has 0 aliphatic heterocycles. The topological polar surface area (TPSA) is 42.9 Å². The van der Waals surface area contributed by atoms with Crippen molar-refractivity contribution in [3.05, 3.63) is 76.0 Å². The fourth-order valence-electron chi connectivity index (χ4n) is 2.06. The molecule has 1 aromatic carbocycles. The van der Waals surface area contributed by atoms with Crippen LogP contribution in [-0.2, 0) is 0 Å². The highest BCUT2D eigenvalue weighted by Gasteiger charge is 2.14. The Kier molecular flexibility index (Phi) is 4.65. The quantitative estimate of drug-likeness (QED) is 0.492. The number of carbonyl (C=O) groups is 1. The van der Waals surface area contributed by atoms with Crippen molar-refractivity contribution in [2.75, 3.05) is 0 Å². The molecule has 3 rings (SSSR count). The van der Waals surface area contributed by atoms with E-state index in [0.717, 1.165) is 21.8 Å². The summed E-state index contributed by atoms with van der Waals surface area (Å²) in [5.74, 6) is -0.0508. The van der Waals surface area contributed by atoms with Gasteiger partial charge in [0.2, 0.25) is 0 Å². The van der Waals surface area contributed by atoms with Crippen LogP contribution in [0.1, 0.15) is 20.9 Å². The molecule has 2 heterocycles. The molecule has 23 heavy (non-hydrogen) atoms. The summed E-state index contributed by atoms with van der Waals surface area (Å²) >= 11 is 7.23. The average Bonchev–Trinajstić information content (AvgIpc) is 2.97. The number of thiazole rings is 1. The molecule has 0 N–H and O–H groups in total. The molecular formula is C18H13ClN2OS. The number of nitrogens with zero attached hydrogens (tertiary/aromatic N) is 2. The predicted molar refractivity (Wildman–Crippen MR) is 94.9 cm³/mol. The van der Waals surface area contributed by atoms with Gasteiger partial charge in [0, 0.05) is 23.0 Å². The van der Waals surface area contributed by atoms with Gasteiger partial charge in [0.1, 0.15) is 5.01 Å². The monoisotopic (exact) mass is 340 g/mol. The van der Waals surface area contributed by atoms with E-state index in [1.54, 1.807) is 36.7 Å². The highest BCUT2D eigenvalue weighted by Crippen LogP contribution is 2.28. The number of carbonyl (C=O) groups excluding carboxylic acids is 1. The molecule has 0 fully saturated rings. The molecule has 0 unspecified atom stereocenters. The smallest absolute Gasteiger partial charge is 0.197 e. The first-order valence-corrected chi connectivity index (χ1v) is 8.19. The fourth-order valence-corrected chi connectivity index (χ4v) is 3.16. The standard InChI is InChI=1S/C18H13ClN2OS/c1-12-17(23-18(21-12)14-3-2-10-20-11-14)16(22)9-6-13-4-7-15(19)8-5-13/h2-11H,1H3/b9-6+. The lowest BCUT2D eigenvalue weighted by atomic mass is 10.2. The van der Waals surface area contributed by atoms with Crippen LogP contribution in [0.4, 0.5) is 0 Å². The van der Waals surface area contributed by atoms with Crippen molar-refractivity contribution in [2.24, 2.45) is 0 Å². The Labute approximate surface area is 143 Å². The number of allylic oxidation sites excluding steroid dienone is 1. The van der Waals surface area contributed by atoms with Crippen LogP contribution in [-0.4, -0.2) is 15.8 Å². The number of hydrogen-bond donors (Lipinski definition) is 0. The van der Waals surface area contributed by atoms with Crippen LogP contribution < -0.4 is 0 Å². The minimum atomic E-state index is -0.0508. The number of aromatic nitrogens is 2. The Balaban J connectivity index is 1.83. The maximum absolute atomic E-state index is 12.4. The van der Waals surface area contributed by atoms with E-state index in [9.17, 15) is 4.79 Å². The molecule has 0 amide bonds. The zero-order chi connectivity index (χ0) is 16.2. The lowest BCUT2D eigenvalue weighted by molar-refractivity contribution is 0.105. The van der Waals surface area contributed by atoms with Crippen LogP contribution >= 0.6 is 22.9 Å². The number of rotatable bonds is 4. The molecule has 0 spiro atoms. The van der Waals surface area contributed by atoms with Crippen molar-refractivity contribution >= 4 is 34.8 Å². The molecule has 3 nitrogen and oxygen atoms in total. The van der Waals surface area contributed by atoms with Gasteiger partial charge in [0.15, 0.2) is 5.78 Å². The first-order valence-electron chi connectivity index (χ1n) is 6.99. The molecule has 0 saturated heterocycles. The van der Waals surface area contributed by atoms with Crippen LogP contribution in [0, 0.1) is 6.92 Å². The maximum atomic E-state index is 12.4. The van der Waals surface area contributed by atoms with Crippen molar-refractivity contribution in [3.8, 4) is 10.6 Å². The fraction of sp³-hybridized carbons (Fsp3) is 0.0556. The molecule has 3 aromatic rings. The molecule has 0 aliphatic carbocycles. The lowest BCUT2D eigenvalue weighted by Crippen LogP contribution is -1.93. The van der Waals surface area contributed by atoms with Crippen molar-refractivity contribution in [1.29, 1.82) is 0 Å². The van der Waals surface area contributed by atoms with E-state index < -0.39 is 0 Å². The van der Waals surface area contributed by atoms with E-state index >= 15 is 0 Å². The number of benzene rings is 1. The lowest BCUT2D eigenvalue weighted by Gasteiger charge is -1.94. The number of aryl methyl sites for hydroxylation is 1. The van der Waals surface area contributed by atoms with Gasteiger partial charge in [0.05, 0.1) is 10.6 Å². The van der Waals surface area contributed by atoms with E-state index in [4.69, 9.17) is 11.6 Å². The van der Waals surface area contributed by atoms with Gasteiger partial charge >= 0.3 is 0 Å². The summed E-state index contributed by atoms with van der Waals surface area (Å²) in [6, 6.07) is 11.1. The molecule has 114 valence electrons. The number of halogens is 1. The van der Waals surface area contributed by atoms with E-state index in [2.05, 4.69) is 9.97 Å². The third kappa shape index (κ3) is 3.73. The van der Waals surface area contributed by atoms with Gasteiger partial charge in [0.25, 0.3) is 0 Å². The van der Waals surface area contributed by atoms with Crippen LogP contribution in [0.15, 0.2) is 54.9 Å². The molecular weight excluding hydrogens is 328 g/mol. The largest absolute Gasteiger partial charge is 0.288 e. The third-order valence-corrected chi connectivity index (χ3v) is 4.70. The first-order chi connectivity index (χ1) is 11.1. The Morgan fingerprint density at radius 1 is 1.22 bits per heavy atom. The molecule has 0 saturated carbocycles. The zero-order valence-electron chi connectivity index (χ0n) is 12.4. The Hall–Kier alpha value is -2.30. The molecule has 0 bridgehead atoms. The summed E-state index contributed by atoms with van der Waals surface area (Å²) in [6.07, 6.45) is 6.80. The SMILES string of the molecule is Cc1nc(-c2cccnc2)sc1C(=O)/C=C/c1ccc(Cl)cc1. The number of hydrogen-bond acceptors (Lipinski definition) is 4. The van der Waals surface area contributed by atoms with Gasteiger partial charge in [-0.2, -0.15) is 0 Å². The summed E-state index contributed by atoms with van der Waals surface area (Å²) in [7, 11) is 0. The van der Waals surface area contributed by atoms with Crippen LogP contribution in [0.5, 0.6) is 0 Å². The number of pyridine rings is 1. The van der Waals surface area contributed by atoms with Gasteiger partial charge in [-0.3, -0.25) is 9.78 Å². The minimum Gasteiger partial charge on any atom is -0.288 e. The second kappa shape index (κ2) is 6.86. The minimum absolute atomic E-state index is 0.0508. The van der Waals surface area contributed by atoms with Crippen LogP contribution in [0.25, 0.3) is 16.6 Å². The van der Waals surface area contributed by atoms with Gasteiger partial charge in [-0.1, -0.05) is 29.8 Å². The summed E-state index contributed by atoms with van der Waals surface area (Å²) in [5, 5.41) is 1.48. The Morgan fingerprint density at radius 3 is 2.70 bits per heavy atom. The summed E-state index contributed by atoms with van der Waals surface area (Å²) in [5.41, 5.74) is 2.58. The van der Waals surface area contributed by atoms with Gasteiger partial charge in [-0.15, -0.1) is 11.3 Å². The van der Waals surface area contributed by atoms with Gasteiger partial charge < -0.3 is 0 Å². The highest BCUT2D eigenvalue weighted by molar-refractivity contribution is 7.17. The van der Waals surface area contributed by atoms with E-state index in [1.807, 2.05) is 31.2 Å². The molecule has 2 aromatic heterocycles. The highest BCUT2D eigenvalue weighted by atomic mass is 35.5. The van der Waals surface area contributed by atoms with E-state index in [0.29, 0.717) is 9.90 Å². The van der Waals surface area contributed by atoms with E-state index in [1.165, 1.54) is 11.3 Å². The molecule has 0 radical (unpaired) electrons. The average molecular weight is 341 g/mol. The maximum Gasteiger partial charge on any atom is 0.197 e. The normalized spacial score (nSPS) is 11.0. The van der Waals surface area contributed by atoms with Crippen molar-refractivity contribution < 1.29 is 4.79 Å². The van der Waals surface area contributed by atoms with Gasteiger partial charge in [-0.25, -0.2) is 4.98 Å². The van der Waals surface area contributed by atoms with Crippen LogP contribution in [0.3, 0.4) is 0 Å². The molecule has 0 atom stereocenters. The predicted octanol–water partition coefficient (Wildman–Crippen LogP) is 5.06. The summed E-state index contributed by atoms with van der Waals surface area (Å²) in [6.45, 7) is 1.85. The van der Waals surface area contributed by atoms with Gasteiger partial charge in [-0.05, 0) is 42.8 Å². The molecule has 5 heteroatoms. The Morgan fingerprint density at radius 2 is 2.00 bits per heavy atom. The van der Waals surface area contributed by atoms with Crippen molar-refractivity contribution in [1.82, 2.24) is 9.97 Å². The summed E-state index contributed by atoms with van der Waals surface area (Å²) in [4.78, 5) is 21.6. The van der Waals surface area contributed by atoms with Crippen molar-refractivity contribution in [3.63, 3.8) is 0 Å². The second-order valence-corrected chi connectivity index (χ2v) is 6.36. The Bertz CT molecular complexity index is 854. The second-order valence-electron chi connectivity index (χ2n) is 4.92. The number of ketones is 1. The van der Waals surface area contributed by atoms with Crippen LogP contribution in [0.2, 0.25) is 5.02 Å². The van der Waals surface area contributed by atoms with E-state index in [-0.39, 0.29) is 5.78 Å². The van der Waals surface area contributed by atoms with Crippen molar-refractivity contribution in [2.45, 2.75) is 6.92 Å². The first kappa shape index (κ1) is 15.6. The summed E-state index contributed by atoms with van der Waals surface area (Å²) < 4.78 is 0. The zero-order valence-corrected chi connectivity index (χ0v) is 13.9. The third-order valence-electron chi connectivity index (χ3n) is 3.23.